The summed E-state index contributed by atoms with van der Waals surface area (Å²) in [5.41, 5.74) is 0. The highest BCUT2D eigenvalue weighted by Crippen LogP contribution is 2.19. The monoisotopic (exact) mass is 1100 g/mol. The van der Waals surface area contributed by atoms with E-state index in [4.69, 9.17) is 4.74 Å². The molecule has 0 radical (unpaired) electrons. The maximum atomic E-state index is 12.5. The van der Waals surface area contributed by atoms with Crippen molar-refractivity contribution in [2.24, 2.45) is 0 Å². The van der Waals surface area contributed by atoms with E-state index in [-0.39, 0.29) is 18.5 Å². The third-order valence-corrected chi connectivity index (χ3v) is 17.1. The smallest absolute Gasteiger partial charge is 0.305 e. The van der Waals surface area contributed by atoms with Crippen molar-refractivity contribution in [1.29, 1.82) is 0 Å². The quantitative estimate of drug-likeness (QED) is 0.0320. The standard InChI is InChI=1S/C72H141NO5/c1-3-5-7-9-11-13-15-17-19-21-22-23-24-26-29-33-36-40-44-48-52-56-60-64-70(75)69(68-74)73-71(76)65-61-57-53-49-45-41-37-34-30-27-25-28-31-35-39-43-47-51-55-59-63-67-78-72(77)66-62-58-54-50-46-42-38-32-20-18-16-14-12-10-8-6-4-2/h60,64,69-70,74-75H,3-59,61-63,65-68H2,1-2H3,(H,73,76)/b64-60+. The first-order valence-corrected chi connectivity index (χ1v) is 36.0. The molecule has 0 aliphatic heterocycles. The second-order valence-electron chi connectivity index (χ2n) is 24.9. The molecule has 0 fully saturated rings. The van der Waals surface area contributed by atoms with Crippen LogP contribution in [0.2, 0.25) is 0 Å². The molecule has 0 saturated carbocycles. The summed E-state index contributed by atoms with van der Waals surface area (Å²) < 4.78 is 5.51. The fraction of sp³-hybridized carbons (Fsp3) is 0.944. The number of ether oxygens (including phenoxy) is 1. The Bertz CT molecular complexity index is 1180. The molecule has 0 aliphatic rings. The molecule has 0 aliphatic carbocycles. The van der Waals surface area contributed by atoms with E-state index in [1.165, 1.54) is 347 Å². The lowest BCUT2D eigenvalue weighted by molar-refractivity contribution is -0.143. The van der Waals surface area contributed by atoms with Gasteiger partial charge in [0.2, 0.25) is 5.91 Å². The number of hydrogen-bond acceptors (Lipinski definition) is 5. The summed E-state index contributed by atoms with van der Waals surface area (Å²) in [4.78, 5) is 24.6. The zero-order valence-corrected chi connectivity index (χ0v) is 53.2. The summed E-state index contributed by atoms with van der Waals surface area (Å²) in [6.07, 6.45) is 84.3. The Morgan fingerprint density at radius 2 is 0.590 bits per heavy atom. The number of nitrogens with one attached hydrogen (secondary N) is 1. The van der Waals surface area contributed by atoms with Crippen LogP contribution < -0.4 is 5.32 Å². The van der Waals surface area contributed by atoms with Crippen LogP contribution in [0.1, 0.15) is 412 Å². The molecular formula is C72H141NO5. The van der Waals surface area contributed by atoms with E-state index in [0.29, 0.717) is 19.4 Å². The highest BCUT2D eigenvalue weighted by molar-refractivity contribution is 5.76. The Hall–Kier alpha value is -1.40. The summed E-state index contributed by atoms with van der Waals surface area (Å²) in [5, 5.41) is 23.3. The fourth-order valence-electron chi connectivity index (χ4n) is 11.6. The Balaban J connectivity index is 3.39. The summed E-state index contributed by atoms with van der Waals surface area (Å²) in [5.74, 6) is -0.0471. The van der Waals surface area contributed by atoms with Gasteiger partial charge in [0.05, 0.1) is 25.4 Å². The zero-order valence-electron chi connectivity index (χ0n) is 53.2. The van der Waals surface area contributed by atoms with Crippen molar-refractivity contribution >= 4 is 11.9 Å². The molecule has 0 saturated heterocycles. The van der Waals surface area contributed by atoms with Gasteiger partial charge in [-0.3, -0.25) is 9.59 Å². The minimum absolute atomic E-state index is 0.0167. The van der Waals surface area contributed by atoms with E-state index < -0.39 is 12.1 Å². The van der Waals surface area contributed by atoms with Crippen molar-refractivity contribution < 1.29 is 24.5 Å². The summed E-state index contributed by atoms with van der Waals surface area (Å²) >= 11 is 0. The first-order valence-electron chi connectivity index (χ1n) is 36.0. The van der Waals surface area contributed by atoms with Crippen LogP contribution in [0, 0.1) is 0 Å². The molecule has 0 bridgehead atoms. The minimum atomic E-state index is -0.846. The zero-order chi connectivity index (χ0) is 56.4. The maximum Gasteiger partial charge on any atom is 0.305 e. The van der Waals surface area contributed by atoms with Crippen LogP contribution in [0.3, 0.4) is 0 Å². The highest BCUT2D eigenvalue weighted by atomic mass is 16.5. The molecule has 0 aromatic carbocycles. The second-order valence-corrected chi connectivity index (χ2v) is 24.9. The molecule has 78 heavy (non-hydrogen) atoms. The van der Waals surface area contributed by atoms with Crippen LogP contribution in [0.4, 0.5) is 0 Å². The normalized spacial score (nSPS) is 12.5. The number of amides is 1. The summed E-state index contributed by atoms with van der Waals surface area (Å²) in [7, 11) is 0. The molecule has 3 N–H and O–H groups in total. The molecule has 0 spiro atoms. The number of rotatable bonds is 68. The minimum Gasteiger partial charge on any atom is -0.466 e. The van der Waals surface area contributed by atoms with Gasteiger partial charge in [-0.15, -0.1) is 0 Å². The van der Waals surface area contributed by atoms with Crippen LogP contribution in [0.25, 0.3) is 0 Å². The molecule has 0 rings (SSSR count). The largest absolute Gasteiger partial charge is 0.466 e. The first kappa shape index (κ1) is 76.6. The number of unbranched alkanes of at least 4 members (excludes halogenated alkanes) is 57. The van der Waals surface area contributed by atoms with Gasteiger partial charge in [0.1, 0.15) is 0 Å². The SMILES string of the molecule is CCCCCCCCCCCCCCCCCCCCCCC/C=C/C(O)C(CO)NC(=O)CCCCCCCCCCCCCCCCCCCCCCCOC(=O)CCCCCCCCCCCCCCCCCCC. The summed E-state index contributed by atoms with van der Waals surface area (Å²) in [6.45, 7) is 4.95. The number of hydrogen-bond donors (Lipinski definition) is 3. The number of carbonyl (C=O) groups is 2. The summed E-state index contributed by atoms with van der Waals surface area (Å²) in [6, 6.07) is -0.629. The molecule has 2 atom stereocenters. The van der Waals surface area contributed by atoms with E-state index in [9.17, 15) is 19.8 Å². The van der Waals surface area contributed by atoms with E-state index in [0.717, 1.165) is 38.5 Å². The van der Waals surface area contributed by atoms with E-state index in [1.54, 1.807) is 6.08 Å². The van der Waals surface area contributed by atoms with Crippen LogP contribution in [-0.4, -0.2) is 47.4 Å². The third kappa shape index (κ3) is 63.8. The number of esters is 1. The molecule has 6 heteroatoms. The van der Waals surface area contributed by atoms with Crippen molar-refractivity contribution in [3.05, 3.63) is 12.2 Å². The van der Waals surface area contributed by atoms with Crippen LogP contribution >= 0.6 is 0 Å². The maximum absolute atomic E-state index is 12.5. The number of carbonyl (C=O) groups excluding carboxylic acids is 2. The average molecular weight is 1100 g/mol. The lowest BCUT2D eigenvalue weighted by Crippen LogP contribution is -2.45. The van der Waals surface area contributed by atoms with E-state index in [1.807, 2.05) is 6.08 Å². The van der Waals surface area contributed by atoms with Gasteiger partial charge in [-0.1, -0.05) is 379 Å². The van der Waals surface area contributed by atoms with E-state index in [2.05, 4.69) is 19.2 Å². The van der Waals surface area contributed by atoms with Gasteiger partial charge in [0.15, 0.2) is 0 Å². The van der Waals surface area contributed by atoms with Gasteiger partial charge in [0, 0.05) is 12.8 Å². The molecule has 2 unspecified atom stereocenters. The number of aliphatic hydroxyl groups is 2. The second kappa shape index (κ2) is 68.1. The first-order chi connectivity index (χ1) is 38.5. The number of allylic oxidation sites excluding steroid dienone is 1. The molecule has 0 aromatic heterocycles. The predicted molar refractivity (Wildman–Crippen MR) is 343 cm³/mol. The van der Waals surface area contributed by atoms with Crippen LogP contribution in [0.15, 0.2) is 12.2 Å². The van der Waals surface area contributed by atoms with Crippen molar-refractivity contribution in [2.75, 3.05) is 13.2 Å². The Labute approximate surface area is 489 Å². The highest BCUT2D eigenvalue weighted by Gasteiger charge is 2.18. The lowest BCUT2D eigenvalue weighted by Gasteiger charge is -2.20. The van der Waals surface area contributed by atoms with Gasteiger partial charge in [0.25, 0.3) is 0 Å². The third-order valence-electron chi connectivity index (χ3n) is 17.1. The van der Waals surface area contributed by atoms with Gasteiger partial charge in [-0.25, -0.2) is 0 Å². The lowest BCUT2D eigenvalue weighted by atomic mass is 10.0. The van der Waals surface area contributed by atoms with Gasteiger partial charge < -0.3 is 20.3 Å². The van der Waals surface area contributed by atoms with Crippen LogP contribution in [0.5, 0.6) is 0 Å². The Morgan fingerprint density at radius 3 is 0.872 bits per heavy atom. The molecule has 0 aromatic rings. The molecule has 0 heterocycles. The molecular weight excluding hydrogens is 959 g/mol. The molecule has 1 amide bonds. The molecule has 6 nitrogen and oxygen atoms in total. The van der Waals surface area contributed by atoms with Crippen molar-refractivity contribution in [3.63, 3.8) is 0 Å². The van der Waals surface area contributed by atoms with Crippen LogP contribution in [-0.2, 0) is 14.3 Å². The number of aliphatic hydroxyl groups excluding tert-OH is 2. The van der Waals surface area contributed by atoms with Gasteiger partial charge in [-0.05, 0) is 32.1 Å². The van der Waals surface area contributed by atoms with Gasteiger partial charge in [-0.2, -0.15) is 0 Å². The van der Waals surface area contributed by atoms with E-state index >= 15 is 0 Å². The fourth-order valence-corrected chi connectivity index (χ4v) is 11.6. The Kier molecular flexibility index (Phi) is 66.9. The predicted octanol–water partition coefficient (Wildman–Crippen LogP) is 23.1. The topological polar surface area (TPSA) is 95.9 Å². The van der Waals surface area contributed by atoms with Crippen molar-refractivity contribution in [3.8, 4) is 0 Å². The van der Waals surface area contributed by atoms with Crippen molar-refractivity contribution in [2.45, 2.75) is 424 Å². The molecule has 464 valence electrons. The van der Waals surface area contributed by atoms with Crippen molar-refractivity contribution in [1.82, 2.24) is 5.32 Å². The Morgan fingerprint density at radius 1 is 0.346 bits per heavy atom. The van der Waals surface area contributed by atoms with Gasteiger partial charge >= 0.3 is 5.97 Å². The average Bonchev–Trinajstić information content (AvgIpc) is 3.44.